The minimum absolute atomic E-state index is 0.0943. The molecule has 1 aromatic rings. The predicted octanol–water partition coefficient (Wildman–Crippen LogP) is 4.99. The second kappa shape index (κ2) is 5.05. The fourth-order valence-corrected chi connectivity index (χ4v) is 3.60. The van der Waals surface area contributed by atoms with Crippen molar-refractivity contribution >= 4 is 17.4 Å². The predicted molar refractivity (Wildman–Crippen MR) is 76.1 cm³/mol. The average Bonchev–Trinajstić information content (AvgIpc) is 2.27. The van der Waals surface area contributed by atoms with Gasteiger partial charge in [-0.15, -0.1) is 0 Å². The number of carbonyl (C=O) groups excluding carboxylic acids is 1. The smallest absolute Gasteiger partial charge is 0.166 e. The van der Waals surface area contributed by atoms with Gasteiger partial charge in [-0.2, -0.15) is 0 Å². The molecule has 2 rings (SSSR count). The quantitative estimate of drug-likeness (QED) is 0.688. The average molecular weight is 265 g/mol. The van der Waals surface area contributed by atoms with Gasteiger partial charge in [0.25, 0.3) is 0 Å². The Morgan fingerprint density at radius 2 is 2.11 bits per heavy atom. The summed E-state index contributed by atoms with van der Waals surface area (Å²) in [5.74, 6) is 0.833. The molecule has 1 fully saturated rings. The maximum absolute atomic E-state index is 12.7. The van der Waals surface area contributed by atoms with E-state index in [9.17, 15) is 4.79 Å². The van der Waals surface area contributed by atoms with Crippen LogP contribution in [0.3, 0.4) is 0 Å². The highest BCUT2D eigenvalue weighted by molar-refractivity contribution is 6.31. The summed E-state index contributed by atoms with van der Waals surface area (Å²) in [6.07, 6.45) is 3.52. The van der Waals surface area contributed by atoms with Crippen molar-refractivity contribution in [3.8, 4) is 0 Å². The number of benzene rings is 1. The van der Waals surface area contributed by atoms with Crippen molar-refractivity contribution in [2.75, 3.05) is 0 Å². The molecular formula is C16H21ClO. The van der Waals surface area contributed by atoms with Crippen LogP contribution < -0.4 is 0 Å². The van der Waals surface area contributed by atoms with Gasteiger partial charge in [-0.3, -0.25) is 4.79 Å². The van der Waals surface area contributed by atoms with Crippen molar-refractivity contribution in [1.29, 1.82) is 0 Å². The summed E-state index contributed by atoms with van der Waals surface area (Å²) in [5.41, 5.74) is 0.853. The van der Waals surface area contributed by atoms with Crippen LogP contribution in [0.5, 0.6) is 0 Å². The Morgan fingerprint density at radius 3 is 2.72 bits per heavy atom. The minimum Gasteiger partial charge on any atom is -0.294 e. The zero-order valence-electron chi connectivity index (χ0n) is 11.4. The van der Waals surface area contributed by atoms with E-state index < -0.39 is 0 Å². The van der Waals surface area contributed by atoms with Gasteiger partial charge in [-0.1, -0.05) is 50.9 Å². The second-order valence-corrected chi connectivity index (χ2v) is 6.65. The summed E-state index contributed by atoms with van der Waals surface area (Å²) in [6.45, 7) is 6.64. The van der Waals surface area contributed by atoms with Crippen LogP contribution in [0.2, 0.25) is 5.02 Å². The van der Waals surface area contributed by atoms with E-state index in [0.29, 0.717) is 10.9 Å². The number of hydrogen-bond donors (Lipinski definition) is 0. The lowest BCUT2D eigenvalue weighted by atomic mass is 9.62. The second-order valence-electron chi connectivity index (χ2n) is 6.21. The molecule has 0 saturated heterocycles. The van der Waals surface area contributed by atoms with Crippen LogP contribution in [-0.4, -0.2) is 5.78 Å². The molecule has 0 heterocycles. The molecule has 0 spiro atoms. The van der Waals surface area contributed by atoms with Crippen LogP contribution in [0.25, 0.3) is 0 Å². The zero-order valence-corrected chi connectivity index (χ0v) is 12.1. The SMILES string of the molecule is CC1CCCC(C)(C)[C@H]1C(=O)c1cccc(Cl)c1. The van der Waals surface area contributed by atoms with E-state index in [1.165, 1.54) is 6.42 Å². The number of rotatable bonds is 2. The highest BCUT2D eigenvalue weighted by Gasteiger charge is 2.41. The Balaban J connectivity index is 2.31. The maximum Gasteiger partial charge on any atom is 0.166 e. The van der Waals surface area contributed by atoms with E-state index in [-0.39, 0.29) is 17.1 Å². The van der Waals surface area contributed by atoms with Gasteiger partial charge in [0.1, 0.15) is 0 Å². The molecule has 1 nitrogen and oxygen atoms in total. The number of Topliss-reactive ketones (excluding diaryl/α,β-unsaturated/α-hetero) is 1. The number of ketones is 1. The molecule has 0 bridgehead atoms. The Kier molecular flexibility index (Phi) is 3.82. The molecule has 98 valence electrons. The van der Waals surface area contributed by atoms with E-state index in [0.717, 1.165) is 18.4 Å². The van der Waals surface area contributed by atoms with Crippen LogP contribution in [0, 0.1) is 17.3 Å². The molecular weight excluding hydrogens is 244 g/mol. The number of hydrogen-bond acceptors (Lipinski definition) is 1. The van der Waals surface area contributed by atoms with Crippen LogP contribution in [-0.2, 0) is 0 Å². The molecule has 2 atom stereocenters. The fourth-order valence-electron chi connectivity index (χ4n) is 3.41. The Hall–Kier alpha value is -0.820. The normalized spacial score (nSPS) is 26.9. The van der Waals surface area contributed by atoms with Gasteiger partial charge in [-0.05, 0) is 36.3 Å². The lowest BCUT2D eigenvalue weighted by molar-refractivity contribution is 0.0539. The van der Waals surface area contributed by atoms with Gasteiger partial charge in [0.15, 0.2) is 5.78 Å². The number of carbonyl (C=O) groups is 1. The summed E-state index contributed by atoms with van der Waals surface area (Å²) in [4.78, 5) is 12.7. The first-order valence-electron chi connectivity index (χ1n) is 6.71. The van der Waals surface area contributed by atoms with Gasteiger partial charge in [-0.25, -0.2) is 0 Å². The van der Waals surface area contributed by atoms with Crippen molar-refractivity contribution in [2.45, 2.75) is 40.0 Å². The van der Waals surface area contributed by atoms with Crippen molar-refractivity contribution in [3.63, 3.8) is 0 Å². The molecule has 2 heteroatoms. The van der Waals surface area contributed by atoms with E-state index in [2.05, 4.69) is 20.8 Å². The van der Waals surface area contributed by atoms with Gasteiger partial charge in [0, 0.05) is 16.5 Å². The third-order valence-electron chi connectivity index (χ3n) is 4.28. The van der Waals surface area contributed by atoms with Crippen molar-refractivity contribution in [1.82, 2.24) is 0 Å². The first kappa shape index (κ1) is 13.6. The summed E-state index contributed by atoms with van der Waals surface area (Å²) >= 11 is 5.98. The Bertz CT molecular complexity index is 450. The summed E-state index contributed by atoms with van der Waals surface area (Å²) in [5, 5.41) is 0.641. The van der Waals surface area contributed by atoms with Gasteiger partial charge in [0.2, 0.25) is 0 Å². The lowest BCUT2D eigenvalue weighted by Gasteiger charge is -2.42. The molecule has 0 N–H and O–H groups in total. The number of halogens is 1. The van der Waals surface area contributed by atoms with E-state index >= 15 is 0 Å². The molecule has 1 unspecified atom stereocenters. The third-order valence-corrected chi connectivity index (χ3v) is 4.52. The third kappa shape index (κ3) is 2.61. The molecule has 1 aromatic carbocycles. The molecule has 1 saturated carbocycles. The summed E-state index contributed by atoms with van der Waals surface area (Å²) in [7, 11) is 0. The molecule has 1 aliphatic carbocycles. The molecule has 0 aliphatic heterocycles. The van der Waals surface area contributed by atoms with E-state index in [1.54, 1.807) is 6.07 Å². The topological polar surface area (TPSA) is 17.1 Å². The molecule has 18 heavy (non-hydrogen) atoms. The van der Waals surface area contributed by atoms with Gasteiger partial charge >= 0.3 is 0 Å². The van der Waals surface area contributed by atoms with Crippen LogP contribution >= 0.6 is 11.6 Å². The fraction of sp³-hybridized carbons (Fsp3) is 0.562. The van der Waals surface area contributed by atoms with E-state index in [1.807, 2.05) is 18.2 Å². The Labute approximate surface area is 115 Å². The minimum atomic E-state index is 0.0943. The monoisotopic (exact) mass is 264 g/mol. The summed E-state index contributed by atoms with van der Waals surface area (Å²) in [6, 6.07) is 7.34. The van der Waals surface area contributed by atoms with Crippen molar-refractivity contribution in [3.05, 3.63) is 34.9 Å². The van der Waals surface area contributed by atoms with Gasteiger partial charge < -0.3 is 0 Å². The van der Waals surface area contributed by atoms with Crippen molar-refractivity contribution < 1.29 is 4.79 Å². The molecule has 0 radical (unpaired) electrons. The highest BCUT2D eigenvalue weighted by atomic mass is 35.5. The lowest BCUT2D eigenvalue weighted by Crippen LogP contribution is -2.39. The first-order chi connectivity index (χ1) is 8.42. The molecule has 0 amide bonds. The highest BCUT2D eigenvalue weighted by Crippen LogP contribution is 2.45. The van der Waals surface area contributed by atoms with E-state index in [4.69, 9.17) is 11.6 Å². The van der Waals surface area contributed by atoms with Crippen LogP contribution in [0.15, 0.2) is 24.3 Å². The largest absolute Gasteiger partial charge is 0.294 e. The molecule has 0 aromatic heterocycles. The molecule has 1 aliphatic rings. The zero-order chi connectivity index (χ0) is 13.3. The standard InChI is InChI=1S/C16H21ClO/c1-11-6-5-9-16(2,3)14(11)15(18)12-7-4-8-13(17)10-12/h4,7-8,10-11,14H,5-6,9H2,1-3H3/t11?,14-/m1/s1. The maximum atomic E-state index is 12.7. The van der Waals surface area contributed by atoms with Crippen LogP contribution in [0.1, 0.15) is 50.4 Å². The van der Waals surface area contributed by atoms with Crippen molar-refractivity contribution in [2.24, 2.45) is 17.3 Å². The van der Waals surface area contributed by atoms with Gasteiger partial charge in [0.05, 0.1) is 0 Å². The Morgan fingerprint density at radius 1 is 1.39 bits per heavy atom. The van der Waals surface area contributed by atoms with Crippen LogP contribution in [0.4, 0.5) is 0 Å². The summed E-state index contributed by atoms with van der Waals surface area (Å²) < 4.78 is 0. The first-order valence-corrected chi connectivity index (χ1v) is 7.09.